The van der Waals surface area contributed by atoms with Gasteiger partial charge in [0.2, 0.25) is 26.0 Å². The Morgan fingerprint density at radius 1 is 1.23 bits per heavy atom. The number of anilines is 1. The number of hydrogen-bond donors (Lipinski definition) is 1. The predicted octanol–water partition coefficient (Wildman–Crippen LogP) is 2.53. The summed E-state index contributed by atoms with van der Waals surface area (Å²) in [5.41, 5.74) is 0.522. The van der Waals surface area contributed by atoms with E-state index in [4.69, 9.17) is 16.3 Å². The molecule has 2 aromatic rings. The zero-order chi connectivity index (χ0) is 22.1. The van der Waals surface area contributed by atoms with Gasteiger partial charge in [-0.2, -0.15) is 0 Å². The van der Waals surface area contributed by atoms with Gasteiger partial charge in [0.15, 0.2) is 0 Å². The minimum absolute atomic E-state index is 0.0463. The number of benzene rings is 2. The SMILES string of the molecule is CCOc1ccc(N2C(=O)C(C)CS2(=O)=O)cc1S(=O)(=O)NCc1ccccc1Cl. The van der Waals surface area contributed by atoms with Crippen molar-refractivity contribution in [3.8, 4) is 5.75 Å². The van der Waals surface area contributed by atoms with E-state index in [1.54, 1.807) is 31.2 Å². The third-order valence-electron chi connectivity index (χ3n) is 4.52. The van der Waals surface area contributed by atoms with Crippen LogP contribution in [0.5, 0.6) is 5.75 Å². The highest BCUT2D eigenvalue weighted by Crippen LogP contribution is 2.34. The summed E-state index contributed by atoms with van der Waals surface area (Å²) in [4.78, 5) is 12.1. The molecule has 1 heterocycles. The van der Waals surface area contributed by atoms with Crippen molar-refractivity contribution in [2.24, 2.45) is 5.92 Å². The van der Waals surface area contributed by atoms with E-state index in [0.29, 0.717) is 14.9 Å². The van der Waals surface area contributed by atoms with Gasteiger partial charge in [-0.1, -0.05) is 36.7 Å². The Hall–Kier alpha value is -2.14. The monoisotopic (exact) mass is 472 g/mol. The first-order valence-corrected chi connectivity index (χ1v) is 12.6. The van der Waals surface area contributed by atoms with E-state index in [1.807, 2.05) is 0 Å². The lowest BCUT2D eigenvalue weighted by Crippen LogP contribution is -2.31. The molecule has 0 radical (unpaired) electrons. The number of amides is 1. The molecule has 1 aliphatic heterocycles. The average molecular weight is 473 g/mol. The van der Waals surface area contributed by atoms with E-state index in [0.717, 1.165) is 6.07 Å². The number of ether oxygens (including phenoxy) is 1. The molecule has 0 bridgehead atoms. The van der Waals surface area contributed by atoms with E-state index >= 15 is 0 Å². The number of hydrogen-bond acceptors (Lipinski definition) is 6. The van der Waals surface area contributed by atoms with Crippen LogP contribution >= 0.6 is 11.6 Å². The predicted molar refractivity (Wildman–Crippen MR) is 114 cm³/mol. The van der Waals surface area contributed by atoms with E-state index in [1.165, 1.54) is 19.1 Å². The molecule has 1 amide bonds. The van der Waals surface area contributed by atoms with E-state index in [9.17, 15) is 21.6 Å². The van der Waals surface area contributed by atoms with Crippen LogP contribution in [0.4, 0.5) is 5.69 Å². The molecule has 0 aliphatic carbocycles. The van der Waals surface area contributed by atoms with Crippen molar-refractivity contribution in [2.45, 2.75) is 25.3 Å². The number of nitrogens with one attached hydrogen (secondary N) is 1. The number of nitrogens with zero attached hydrogens (tertiary/aromatic N) is 1. The Balaban J connectivity index is 2.01. The maximum atomic E-state index is 13.0. The summed E-state index contributed by atoms with van der Waals surface area (Å²) in [7, 11) is -7.99. The topological polar surface area (TPSA) is 110 Å². The third kappa shape index (κ3) is 4.46. The van der Waals surface area contributed by atoms with E-state index < -0.39 is 31.9 Å². The lowest BCUT2D eigenvalue weighted by Gasteiger charge is -2.18. The first-order valence-electron chi connectivity index (χ1n) is 9.13. The molecule has 1 aliphatic rings. The van der Waals surface area contributed by atoms with Gasteiger partial charge in [0.1, 0.15) is 10.6 Å². The quantitative estimate of drug-likeness (QED) is 0.663. The number of carbonyl (C=O) groups excluding carboxylic acids is 1. The molecular weight excluding hydrogens is 452 g/mol. The summed E-state index contributed by atoms with van der Waals surface area (Å²) < 4.78 is 59.3. The van der Waals surface area contributed by atoms with Crippen LogP contribution in [0.1, 0.15) is 19.4 Å². The zero-order valence-electron chi connectivity index (χ0n) is 16.3. The summed E-state index contributed by atoms with van der Waals surface area (Å²) in [6.45, 7) is 3.33. The fraction of sp³-hybridized carbons (Fsp3) is 0.316. The molecule has 1 N–H and O–H groups in total. The molecule has 11 heteroatoms. The molecule has 3 rings (SSSR count). The fourth-order valence-electron chi connectivity index (χ4n) is 3.09. The molecule has 2 aromatic carbocycles. The van der Waals surface area contributed by atoms with Crippen LogP contribution in [0.15, 0.2) is 47.4 Å². The van der Waals surface area contributed by atoms with Crippen molar-refractivity contribution in [3.05, 3.63) is 53.1 Å². The Bertz CT molecular complexity index is 1180. The van der Waals surface area contributed by atoms with Crippen molar-refractivity contribution in [3.63, 3.8) is 0 Å². The molecule has 162 valence electrons. The summed E-state index contributed by atoms with van der Waals surface area (Å²) >= 11 is 6.08. The molecule has 1 saturated heterocycles. The smallest absolute Gasteiger partial charge is 0.244 e. The normalized spacial score (nSPS) is 18.6. The standard InChI is InChI=1S/C19H21ClN2O6S2/c1-3-28-17-9-8-15(22-19(23)13(2)12-29(22,24)25)10-18(17)30(26,27)21-11-14-6-4-5-7-16(14)20/h4-10,13,21H,3,11-12H2,1-2H3. The van der Waals surface area contributed by atoms with Crippen molar-refractivity contribution in [1.82, 2.24) is 4.72 Å². The first-order chi connectivity index (χ1) is 14.1. The second kappa shape index (κ2) is 8.54. The minimum atomic E-state index is -4.11. The lowest BCUT2D eigenvalue weighted by molar-refractivity contribution is -0.119. The van der Waals surface area contributed by atoms with Crippen LogP contribution in [0.25, 0.3) is 0 Å². The van der Waals surface area contributed by atoms with Gasteiger partial charge < -0.3 is 4.74 Å². The second-order valence-electron chi connectivity index (χ2n) is 6.76. The Morgan fingerprint density at radius 2 is 1.93 bits per heavy atom. The number of rotatable bonds is 7. The highest BCUT2D eigenvalue weighted by molar-refractivity contribution is 7.94. The highest BCUT2D eigenvalue weighted by Gasteiger charge is 2.42. The zero-order valence-corrected chi connectivity index (χ0v) is 18.7. The molecule has 1 atom stereocenters. The van der Waals surface area contributed by atoms with Gasteiger partial charge in [0, 0.05) is 11.6 Å². The van der Waals surface area contributed by atoms with Crippen LogP contribution in [-0.2, 0) is 31.4 Å². The second-order valence-corrected chi connectivity index (χ2v) is 10.8. The van der Waals surface area contributed by atoms with Crippen LogP contribution in [-0.4, -0.2) is 35.1 Å². The van der Waals surface area contributed by atoms with Crippen molar-refractivity contribution >= 4 is 43.2 Å². The number of halogens is 1. The van der Waals surface area contributed by atoms with Crippen molar-refractivity contribution in [1.29, 1.82) is 0 Å². The van der Waals surface area contributed by atoms with Crippen molar-refractivity contribution in [2.75, 3.05) is 16.7 Å². The number of carbonyl (C=O) groups is 1. The number of sulfonamides is 2. The molecule has 0 spiro atoms. The summed E-state index contributed by atoms with van der Waals surface area (Å²) in [6.07, 6.45) is 0. The van der Waals surface area contributed by atoms with Gasteiger partial charge in [-0.05, 0) is 36.8 Å². The van der Waals surface area contributed by atoms with E-state index in [2.05, 4.69) is 4.72 Å². The summed E-state index contributed by atoms with van der Waals surface area (Å²) in [6, 6.07) is 10.6. The largest absolute Gasteiger partial charge is 0.492 e. The lowest BCUT2D eigenvalue weighted by atomic mass is 10.2. The minimum Gasteiger partial charge on any atom is -0.492 e. The van der Waals surface area contributed by atoms with Gasteiger partial charge in [0.05, 0.1) is 24.0 Å². The Labute approximate surface area is 180 Å². The molecular formula is C19H21ClN2O6S2. The molecule has 8 nitrogen and oxygen atoms in total. The van der Waals surface area contributed by atoms with Gasteiger partial charge in [-0.15, -0.1) is 0 Å². The Kier molecular flexibility index (Phi) is 6.42. The first kappa shape index (κ1) is 22.5. The van der Waals surface area contributed by atoms with Crippen molar-refractivity contribution < 1.29 is 26.4 Å². The van der Waals surface area contributed by atoms with Gasteiger partial charge >= 0.3 is 0 Å². The van der Waals surface area contributed by atoms with Crippen LogP contribution < -0.4 is 13.8 Å². The molecule has 0 saturated carbocycles. The molecule has 1 unspecified atom stereocenters. The van der Waals surface area contributed by atoms with Gasteiger partial charge in [0.25, 0.3) is 0 Å². The van der Waals surface area contributed by atoms with E-state index in [-0.39, 0.29) is 35.2 Å². The Morgan fingerprint density at radius 3 is 2.53 bits per heavy atom. The molecule has 30 heavy (non-hydrogen) atoms. The fourth-order valence-corrected chi connectivity index (χ4v) is 6.27. The average Bonchev–Trinajstić information content (AvgIpc) is 2.88. The van der Waals surface area contributed by atoms with Gasteiger partial charge in [-0.3, -0.25) is 4.79 Å². The van der Waals surface area contributed by atoms with Crippen LogP contribution in [0.2, 0.25) is 5.02 Å². The maximum absolute atomic E-state index is 13.0. The van der Waals surface area contributed by atoms with Crippen LogP contribution in [0, 0.1) is 5.92 Å². The van der Waals surface area contributed by atoms with Gasteiger partial charge in [-0.25, -0.2) is 25.9 Å². The molecule has 1 fully saturated rings. The molecule has 0 aromatic heterocycles. The summed E-state index contributed by atoms with van der Waals surface area (Å²) in [5.74, 6) is -1.59. The highest BCUT2D eigenvalue weighted by atomic mass is 35.5. The summed E-state index contributed by atoms with van der Waals surface area (Å²) in [5, 5.41) is 0.404. The van der Waals surface area contributed by atoms with Crippen LogP contribution in [0.3, 0.4) is 0 Å². The maximum Gasteiger partial charge on any atom is 0.244 e. The third-order valence-corrected chi connectivity index (χ3v) is 8.18.